The predicted octanol–water partition coefficient (Wildman–Crippen LogP) is 3.88. The summed E-state index contributed by atoms with van der Waals surface area (Å²) in [6.45, 7) is 0. The Morgan fingerprint density at radius 1 is 1.21 bits per heavy atom. The Kier molecular flexibility index (Phi) is 2.66. The van der Waals surface area contributed by atoms with Gasteiger partial charge in [0.2, 0.25) is 0 Å². The number of hydrogen-bond acceptors (Lipinski definition) is 2. The lowest BCUT2D eigenvalue weighted by Gasteiger charge is -2.02. The molecule has 1 nitrogen and oxygen atoms in total. The van der Waals surface area contributed by atoms with Crippen molar-refractivity contribution in [3.8, 4) is 10.4 Å². The fraction of sp³-hybridized carbons (Fsp3) is 0. The lowest BCUT2D eigenvalue weighted by atomic mass is 10.1. The summed E-state index contributed by atoms with van der Waals surface area (Å²) in [5.41, 5.74) is 1.46. The Morgan fingerprint density at radius 3 is 2.71 bits per heavy atom. The Hall–Kier alpha value is -1.12. The largest absolute Gasteiger partial charge is 0.298 e. The summed E-state index contributed by atoms with van der Waals surface area (Å²) < 4.78 is 0. The van der Waals surface area contributed by atoms with Gasteiger partial charge in [-0.25, -0.2) is 0 Å². The molecule has 0 bridgehead atoms. The van der Waals surface area contributed by atoms with Gasteiger partial charge in [-0.15, -0.1) is 11.3 Å². The van der Waals surface area contributed by atoms with E-state index in [1.165, 1.54) is 0 Å². The average Bonchev–Trinajstić information content (AvgIpc) is 2.71. The molecule has 0 N–H and O–H groups in total. The van der Waals surface area contributed by atoms with Crippen LogP contribution in [0.2, 0.25) is 5.02 Å². The molecule has 0 aliphatic carbocycles. The number of carbonyl (C=O) groups is 1. The maximum atomic E-state index is 10.7. The van der Waals surface area contributed by atoms with Crippen molar-refractivity contribution in [2.24, 2.45) is 0 Å². The molecule has 0 aliphatic heterocycles. The summed E-state index contributed by atoms with van der Waals surface area (Å²) in [6.07, 6.45) is 0.777. The van der Waals surface area contributed by atoms with E-state index in [1.54, 1.807) is 17.4 Å². The molecule has 0 spiro atoms. The molecule has 2 rings (SSSR count). The Labute approximate surface area is 91.0 Å². The highest BCUT2D eigenvalue weighted by Crippen LogP contribution is 2.32. The monoisotopic (exact) mass is 222 g/mol. The molecule has 0 amide bonds. The number of carbonyl (C=O) groups excluding carboxylic acids is 1. The second-order valence-electron chi connectivity index (χ2n) is 2.80. The fourth-order valence-corrected chi connectivity index (χ4v) is 2.35. The van der Waals surface area contributed by atoms with Crippen LogP contribution in [0.1, 0.15) is 10.4 Å². The molecule has 0 atom stereocenters. The average molecular weight is 223 g/mol. The molecule has 1 aromatic heterocycles. The van der Waals surface area contributed by atoms with E-state index < -0.39 is 0 Å². The minimum Gasteiger partial charge on any atom is -0.298 e. The molecule has 1 heterocycles. The summed E-state index contributed by atoms with van der Waals surface area (Å²) in [5.74, 6) is 0. The van der Waals surface area contributed by atoms with E-state index in [2.05, 4.69) is 0 Å². The number of rotatable bonds is 2. The summed E-state index contributed by atoms with van der Waals surface area (Å²) in [6, 6.07) is 9.42. The molecule has 1 aromatic carbocycles. The first kappa shape index (κ1) is 9.44. The molecule has 0 aliphatic rings. The van der Waals surface area contributed by atoms with Crippen LogP contribution in [0.4, 0.5) is 0 Å². The van der Waals surface area contributed by atoms with E-state index in [0.717, 1.165) is 16.7 Å². The number of benzene rings is 1. The standard InChI is InChI=1S/C11H7ClOS/c12-11-8(7-13)3-1-4-9(11)10-5-2-6-14-10/h1-7H. The van der Waals surface area contributed by atoms with Gasteiger partial charge in [-0.3, -0.25) is 4.79 Å². The van der Waals surface area contributed by atoms with E-state index in [9.17, 15) is 4.79 Å². The van der Waals surface area contributed by atoms with Gasteiger partial charge >= 0.3 is 0 Å². The molecule has 0 fully saturated rings. The van der Waals surface area contributed by atoms with Crippen molar-refractivity contribution in [2.75, 3.05) is 0 Å². The van der Waals surface area contributed by atoms with Crippen LogP contribution in [0, 0.1) is 0 Å². The smallest absolute Gasteiger partial charge is 0.151 e. The Balaban J connectivity index is 2.60. The molecule has 70 valence electrons. The predicted molar refractivity (Wildman–Crippen MR) is 60.2 cm³/mol. The van der Waals surface area contributed by atoms with Crippen LogP contribution in [0.25, 0.3) is 10.4 Å². The van der Waals surface area contributed by atoms with Gasteiger partial charge in [-0.1, -0.05) is 35.9 Å². The van der Waals surface area contributed by atoms with E-state index >= 15 is 0 Å². The lowest BCUT2D eigenvalue weighted by Crippen LogP contribution is -1.83. The quantitative estimate of drug-likeness (QED) is 0.705. The van der Waals surface area contributed by atoms with Crippen molar-refractivity contribution < 1.29 is 4.79 Å². The van der Waals surface area contributed by atoms with Gasteiger partial charge in [0.15, 0.2) is 6.29 Å². The van der Waals surface area contributed by atoms with Gasteiger partial charge in [-0.2, -0.15) is 0 Å². The van der Waals surface area contributed by atoms with Crippen molar-refractivity contribution in [2.45, 2.75) is 0 Å². The second-order valence-corrected chi connectivity index (χ2v) is 4.13. The van der Waals surface area contributed by atoms with E-state index in [4.69, 9.17) is 11.6 Å². The minimum absolute atomic E-state index is 0.532. The van der Waals surface area contributed by atoms with Crippen LogP contribution in [0.15, 0.2) is 35.7 Å². The zero-order valence-corrected chi connectivity index (χ0v) is 8.81. The number of halogens is 1. The van der Waals surface area contributed by atoms with Crippen LogP contribution < -0.4 is 0 Å². The highest BCUT2D eigenvalue weighted by Gasteiger charge is 2.07. The van der Waals surface area contributed by atoms with Crippen molar-refractivity contribution in [1.29, 1.82) is 0 Å². The Morgan fingerprint density at radius 2 is 2.07 bits per heavy atom. The molecule has 0 saturated heterocycles. The van der Waals surface area contributed by atoms with Gasteiger partial charge in [0, 0.05) is 16.0 Å². The molecule has 0 unspecified atom stereocenters. The molecule has 2 aromatic rings. The fourth-order valence-electron chi connectivity index (χ4n) is 1.26. The lowest BCUT2D eigenvalue weighted by molar-refractivity contribution is 0.112. The third-order valence-electron chi connectivity index (χ3n) is 1.94. The van der Waals surface area contributed by atoms with Gasteiger partial charge < -0.3 is 0 Å². The maximum absolute atomic E-state index is 10.7. The Bertz CT molecular complexity index is 448. The summed E-state index contributed by atoms with van der Waals surface area (Å²) in [7, 11) is 0. The SMILES string of the molecule is O=Cc1cccc(-c2cccs2)c1Cl. The topological polar surface area (TPSA) is 17.1 Å². The highest BCUT2D eigenvalue weighted by molar-refractivity contribution is 7.13. The van der Waals surface area contributed by atoms with E-state index in [-0.39, 0.29) is 0 Å². The van der Waals surface area contributed by atoms with Crippen LogP contribution >= 0.6 is 22.9 Å². The van der Waals surface area contributed by atoms with Crippen molar-refractivity contribution in [3.05, 3.63) is 46.3 Å². The maximum Gasteiger partial charge on any atom is 0.151 e. The first-order valence-electron chi connectivity index (χ1n) is 4.10. The third-order valence-corrected chi connectivity index (χ3v) is 3.27. The molecular formula is C11H7ClOS. The van der Waals surface area contributed by atoms with Crippen LogP contribution in [0.5, 0.6) is 0 Å². The summed E-state index contributed by atoms with van der Waals surface area (Å²) >= 11 is 7.68. The van der Waals surface area contributed by atoms with Crippen molar-refractivity contribution in [1.82, 2.24) is 0 Å². The first-order valence-corrected chi connectivity index (χ1v) is 5.36. The van der Waals surface area contributed by atoms with E-state index in [0.29, 0.717) is 10.6 Å². The second kappa shape index (κ2) is 3.95. The molecular weight excluding hydrogens is 216 g/mol. The zero-order valence-electron chi connectivity index (χ0n) is 7.24. The van der Waals surface area contributed by atoms with Gasteiger partial charge in [-0.05, 0) is 11.4 Å². The zero-order chi connectivity index (χ0) is 9.97. The first-order chi connectivity index (χ1) is 6.83. The van der Waals surface area contributed by atoms with Crippen molar-refractivity contribution in [3.63, 3.8) is 0 Å². The summed E-state index contributed by atoms with van der Waals surface area (Å²) in [5, 5.41) is 2.52. The number of hydrogen-bond donors (Lipinski definition) is 0. The molecule has 14 heavy (non-hydrogen) atoms. The summed E-state index contributed by atoms with van der Waals surface area (Å²) in [4.78, 5) is 11.8. The number of aldehydes is 1. The van der Waals surface area contributed by atoms with E-state index in [1.807, 2.05) is 29.6 Å². The third kappa shape index (κ3) is 1.59. The normalized spacial score (nSPS) is 10.1. The van der Waals surface area contributed by atoms with Crippen LogP contribution in [0.3, 0.4) is 0 Å². The van der Waals surface area contributed by atoms with Crippen molar-refractivity contribution >= 4 is 29.2 Å². The van der Waals surface area contributed by atoms with Gasteiger partial charge in [0.05, 0.1) is 5.02 Å². The number of thiophene rings is 1. The molecule has 3 heteroatoms. The van der Waals surface area contributed by atoms with Crippen LogP contribution in [-0.4, -0.2) is 6.29 Å². The minimum atomic E-state index is 0.532. The molecule has 0 saturated carbocycles. The highest BCUT2D eigenvalue weighted by atomic mass is 35.5. The van der Waals surface area contributed by atoms with Crippen LogP contribution in [-0.2, 0) is 0 Å². The molecule has 0 radical (unpaired) electrons. The van der Waals surface area contributed by atoms with Gasteiger partial charge in [0.25, 0.3) is 0 Å². The van der Waals surface area contributed by atoms with Gasteiger partial charge in [0.1, 0.15) is 0 Å².